The molecule has 4 atom stereocenters. The molecule has 0 radical (unpaired) electrons. The Labute approximate surface area is 113 Å². The maximum absolute atomic E-state index is 12.5. The zero-order valence-corrected chi connectivity index (χ0v) is 11.3. The first kappa shape index (κ1) is 11.6. The Kier molecular flexibility index (Phi) is 2.35. The molecule has 3 amide bonds. The minimum Gasteiger partial charge on any atom is -0.340 e. The van der Waals surface area contributed by atoms with Crippen molar-refractivity contribution in [3.63, 3.8) is 0 Å². The van der Waals surface area contributed by atoms with Gasteiger partial charge in [0.2, 0.25) is 5.91 Å². The van der Waals surface area contributed by atoms with E-state index < -0.39 is 0 Å². The molecule has 0 spiro atoms. The Morgan fingerprint density at radius 3 is 2.84 bits per heavy atom. The molecule has 104 valence electrons. The number of urea groups is 1. The van der Waals surface area contributed by atoms with Gasteiger partial charge in [-0.1, -0.05) is 0 Å². The summed E-state index contributed by atoms with van der Waals surface area (Å²) in [6, 6.07) is 0.412. The Morgan fingerprint density at radius 2 is 2.11 bits per heavy atom. The molecule has 2 heterocycles. The largest absolute Gasteiger partial charge is 0.340 e. The van der Waals surface area contributed by atoms with Crippen molar-refractivity contribution in [2.45, 2.75) is 37.8 Å². The van der Waals surface area contributed by atoms with Crippen LogP contribution in [0.3, 0.4) is 0 Å². The highest BCUT2D eigenvalue weighted by molar-refractivity contribution is 5.83. The SMILES string of the molecule is CN1C(=O)N[C@@H]2CN(C(=O)C3CC3C3CC3)CC[C@@H]21. The lowest BCUT2D eigenvalue weighted by atomic mass is 9.99. The van der Waals surface area contributed by atoms with Gasteiger partial charge in [0.1, 0.15) is 0 Å². The first-order chi connectivity index (χ1) is 9.15. The minimum absolute atomic E-state index is 0.00609. The van der Waals surface area contributed by atoms with Gasteiger partial charge in [0.05, 0.1) is 12.1 Å². The van der Waals surface area contributed by atoms with Crippen LogP contribution in [0.1, 0.15) is 25.7 Å². The van der Waals surface area contributed by atoms with Gasteiger partial charge in [-0.05, 0) is 37.5 Å². The second-order valence-electron chi connectivity index (χ2n) is 6.65. The fraction of sp³-hybridized carbons (Fsp3) is 0.857. The van der Waals surface area contributed by atoms with Crippen LogP contribution in [-0.4, -0.2) is 54.0 Å². The van der Waals surface area contributed by atoms with Gasteiger partial charge >= 0.3 is 6.03 Å². The molecule has 4 rings (SSSR count). The highest BCUT2D eigenvalue weighted by Crippen LogP contribution is 2.55. The van der Waals surface area contributed by atoms with Crippen LogP contribution in [0.5, 0.6) is 0 Å². The summed E-state index contributed by atoms with van der Waals surface area (Å²) in [7, 11) is 1.85. The zero-order valence-electron chi connectivity index (χ0n) is 11.3. The summed E-state index contributed by atoms with van der Waals surface area (Å²) in [6.07, 6.45) is 4.69. The van der Waals surface area contributed by atoms with E-state index in [1.807, 2.05) is 11.9 Å². The fourth-order valence-corrected chi connectivity index (χ4v) is 3.93. The molecule has 4 fully saturated rings. The van der Waals surface area contributed by atoms with Crippen LogP contribution in [0.15, 0.2) is 0 Å². The number of rotatable bonds is 2. The van der Waals surface area contributed by atoms with Crippen LogP contribution in [0.4, 0.5) is 4.79 Å². The summed E-state index contributed by atoms with van der Waals surface area (Å²) in [5.74, 6) is 2.19. The molecule has 0 aromatic heterocycles. The first-order valence-corrected chi connectivity index (χ1v) is 7.47. The van der Waals surface area contributed by atoms with E-state index in [2.05, 4.69) is 5.32 Å². The predicted octanol–water partition coefficient (Wildman–Crippen LogP) is 0.657. The van der Waals surface area contributed by atoms with E-state index in [9.17, 15) is 9.59 Å². The van der Waals surface area contributed by atoms with E-state index in [0.29, 0.717) is 24.3 Å². The number of likely N-dealkylation sites (tertiary alicyclic amines) is 1. The van der Waals surface area contributed by atoms with Gasteiger partial charge in [0.25, 0.3) is 0 Å². The smallest absolute Gasteiger partial charge is 0.317 e. The van der Waals surface area contributed by atoms with Gasteiger partial charge in [-0.3, -0.25) is 4.79 Å². The Bertz CT molecular complexity index is 434. The summed E-state index contributed by atoms with van der Waals surface area (Å²) < 4.78 is 0. The first-order valence-electron chi connectivity index (χ1n) is 7.47. The molecule has 0 aromatic carbocycles. The van der Waals surface area contributed by atoms with Crippen LogP contribution < -0.4 is 5.32 Å². The summed E-state index contributed by atoms with van der Waals surface area (Å²) in [6.45, 7) is 1.51. The number of carbonyl (C=O) groups is 2. The summed E-state index contributed by atoms with van der Waals surface area (Å²) in [4.78, 5) is 27.9. The number of nitrogens with one attached hydrogen (secondary N) is 1. The average molecular weight is 263 g/mol. The van der Waals surface area contributed by atoms with Crippen molar-refractivity contribution in [3.05, 3.63) is 0 Å². The highest BCUT2D eigenvalue weighted by atomic mass is 16.2. The molecule has 0 aromatic rings. The van der Waals surface area contributed by atoms with Crippen LogP contribution in [0.25, 0.3) is 0 Å². The van der Waals surface area contributed by atoms with Crippen LogP contribution in [-0.2, 0) is 4.79 Å². The van der Waals surface area contributed by atoms with Crippen molar-refractivity contribution in [2.24, 2.45) is 17.8 Å². The normalized spacial score (nSPS) is 41.0. The molecule has 2 saturated heterocycles. The summed E-state index contributed by atoms with van der Waals surface area (Å²) >= 11 is 0. The van der Waals surface area contributed by atoms with Gasteiger partial charge in [-0.25, -0.2) is 4.79 Å². The summed E-state index contributed by atoms with van der Waals surface area (Å²) in [5, 5.41) is 2.99. The molecule has 2 unspecified atom stereocenters. The van der Waals surface area contributed by atoms with Crippen molar-refractivity contribution >= 4 is 11.9 Å². The van der Waals surface area contributed by atoms with E-state index in [4.69, 9.17) is 0 Å². The van der Waals surface area contributed by atoms with E-state index >= 15 is 0 Å². The Balaban J connectivity index is 1.39. The molecule has 1 N–H and O–H groups in total. The lowest BCUT2D eigenvalue weighted by Crippen LogP contribution is -2.53. The predicted molar refractivity (Wildman–Crippen MR) is 69.4 cm³/mol. The van der Waals surface area contributed by atoms with Crippen molar-refractivity contribution < 1.29 is 9.59 Å². The molecule has 2 aliphatic carbocycles. The topological polar surface area (TPSA) is 52.7 Å². The number of amides is 3. The van der Waals surface area contributed by atoms with Gasteiger partial charge < -0.3 is 15.1 Å². The Morgan fingerprint density at radius 1 is 1.32 bits per heavy atom. The molecule has 4 aliphatic rings. The van der Waals surface area contributed by atoms with Gasteiger partial charge in [-0.2, -0.15) is 0 Å². The number of piperidine rings is 1. The van der Waals surface area contributed by atoms with Gasteiger partial charge in [0, 0.05) is 26.1 Å². The number of carbonyl (C=O) groups excluding carboxylic acids is 2. The quantitative estimate of drug-likeness (QED) is 0.795. The minimum atomic E-state index is 0.00609. The molecular weight excluding hydrogens is 242 g/mol. The van der Waals surface area contributed by atoms with Crippen LogP contribution >= 0.6 is 0 Å². The number of fused-ring (bicyclic) bond motifs is 1. The Hall–Kier alpha value is -1.26. The lowest BCUT2D eigenvalue weighted by Gasteiger charge is -2.36. The lowest BCUT2D eigenvalue weighted by molar-refractivity contribution is -0.134. The second kappa shape index (κ2) is 3.87. The van der Waals surface area contributed by atoms with Crippen LogP contribution in [0.2, 0.25) is 0 Å². The van der Waals surface area contributed by atoms with E-state index in [1.165, 1.54) is 12.8 Å². The standard InChI is InChI=1S/C14H21N3O2/c1-16-12-4-5-17(7-11(12)15-14(16)19)13(18)10-6-9(10)8-2-3-8/h8-12H,2-7H2,1H3,(H,15,19)/t9?,10?,11-,12+/m1/s1. The molecule has 0 bridgehead atoms. The molecule has 5 nitrogen and oxygen atoms in total. The van der Waals surface area contributed by atoms with Crippen molar-refractivity contribution in [3.8, 4) is 0 Å². The third-order valence-electron chi connectivity index (χ3n) is 5.40. The van der Waals surface area contributed by atoms with E-state index in [1.54, 1.807) is 4.90 Å². The number of hydrogen-bond donors (Lipinski definition) is 1. The maximum Gasteiger partial charge on any atom is 0.317 e. The van der Waals surface area contributed by atoms with Crippen molar-refractivity contribution in [1.29, 1.82) is 0 Å². The highest BCUT2D eigenvalue weighted by Gasteiger charge is 2.53. The number of likely N-dealkylation sites (N-methyl/N-ethyl adjacent to an activating group) is 1. The third-order valence-corrected chi connectivity index (χ3v) is 5.40. The molecule has 5 heteroatoms. The summed E-state index contributed by atoms with van der Waals surface area (Å²) in [5.41, 5.74) is 0. The van der Waals surface area contributed by atoms with Crippen molar-refractivity contribution in [1.82, 2.24) is 15.1 Å². The zero-order chi connectivity index (χ0) is 13.1. The molecule has 19 heavy (non-hydrogen) atoms. The molecule has 2 saturated carbocycles. The monoisotopic (exact) mass is 263 g/mol. The van der Waals surface area contributed by atoms with E-state index in [-0.39, 0.29) is 18.1 Å². The second-order valence-corrected chi connectivity index (χ2v) is 6.65. The molecular formula is C14H21N3O2. The fourth-order valence-electron chi connectivity index (χ4n) is 3.93. The third kappa shape index (κ3) is 1.82. The van der Waals surface area contributed by atoms with E-state index in [0.717, 1.165) is 25.3 Å². The average Bonchev–Trinajstić information content (AvgIpc) is 3.26. The van der Waals surface area contributed by atoms with Crippen molar-refractivity contribution in [2.75, 3.05) is 20.1 Å². The van der Waals surface area contributed by atoms with Gasteiger partial charge in [-0.15, -0.1) is 0 Å². The van der Waals surface area contributed by atoms with Crippen LogP contribution in [0, 0.1) is 17.8 Å². The maximum atomic E-state index is 12.5. The van der Waals surface area contributed by atoms with Gasteiger partial charge in [0.15, 0.2) is 0 Å². The number of hydrogen-bond acceptors (Lipinski definition) is 2. The molecule has 2 aliphatic heterocycles. The number of nitrogens with zero attached hydrogens (tertiary/aromatic N) is 2.